The number of ether oxygens (including phenoxy) is 1. The first-order valence-corrected chi connectivity index (χ1v) is 4.26. The molecule has 0 amide bonds. The molecule has 66 valence electrons. The average molecular weight is 167 g/mol. The van der Waals surface area contributed by atoms with Gasteiger partial charge in [0.25, 0.3) is 0 Å². The number of furan rings is 1. The lowest BCUT2D eigenvalue weighted by Gasteiger charge is -2.08. The highest BCUT2D eigenvalue weighted by Crippen LogP contribution is 2.31. The fraction of sp³-hybridized carbons (Fsp3) is 0.556. The van der Waals surface area contributed by atoms with E-state index < -0.39 is 0 Å². The summed E-state index contributed by atoms with van der Waals surface area (Å²) in [6.45, 7) is 1.08. The second-order valence-corrected chi connectivity index (χ2v) is 3.00. The highest BCUT2D eigenvalue weighted by atomic mass is 16.5. The molecular weight excluding hydrogens is 154 g/mol. The third kappa shape index (κ3) is 1.20. The largest absolute Gasteiger partial charge is 0.493 e. The predicted octanol–water partition coefficient (Wildman–Crippen LogP) is 1.71. The van der Waals surface area contributed by atoms with Gasteiger partial charge in [-0.2, -0.15) is 0 Å². The average Bonchev–Trinajstić information content (AvgIpc) is 2.74. The molecule has 1 N–H and O–H groups in total. The molecule has 0 spiro atoms. The van der Waals surface area contributed by atoms with Crippen molar-refractivity contribution in [1.29, 1.82) is 0 Å². The van der Waals surface area contributed by atoms with Crippen LogP contribution < -0.4 is 10.1 Å². The van der Waals surface area contributed by atoms with Gasteiger partial charge in [-0.05, 0) is 19.4 Å². The van der Waals surface area contributed by atoms with Crippen LogP contribution in [-0.2, 0) is 0 Å². The third-order valence-corrected chi connectivity index (χ3v) is 2.25. The lowest BCUT2D eigenvalue weighted by atomic mass is 10.2. The Morgan fingerprint density at radius 1 is 1.67 bits per heavy atom. The molecule has 2 rings (SSSR count). The van der Waals surface area contributed by atoms with E-state index in [1.807, 2.05) is 6.07 Å². The van der Waals surface area contributed by atoms with Crippen LogP contribution in [0.5, 0.6) is 5.75 Å². The van der Waals surface area contributed by atoms with E-state index in [1.54, 1.807) is 13.4 Å². The second kappa shape index (κ2) is 3.19. The molecule has 0 aliphatic carbocycles. The monoisotopic (exact) mass is 167 g/mol. The van der Waals surface area contributed by atoms with Gasteiger partial charge in [0, 0.05) is 6.07 Å². The third-order valence-electron chi connectivity index (χ3n) is 2.25. The molecule has 1 fully saturated rings. The molecule has 0 aromatic carbocycles. The molecule has 1 atom stereocenters. The number of hydrogen-bond acceptors (Lipinski definition) is 3. The van der Waals surface area contributed by atoms with Crippen LogP contribution in [0.2, 0.25) is 0 Å². The van der Waals surface area contributed by atoms with E-state index in [0.29, 0.717) is 6.04 Å². The SMILES string of the molecule is COc1ccoc1[C@H]1CCCN1. The van der Waals surface area contributed by atoms with Crippen LogP contribution >= 0.6 is 0 Å². The molecule has 3 heteroatoms. The summed E-state index contributed by atoms with van der Waals surface area (Å²) in [5.74, 6) is 1.80. The van der Waals surface area contributed by atoms with Gasteiger partial charge in [0.2, 0.25) is 0 Å². The van der Waals surface area contributed by atoms with Crippen molar-refractivity contribution in [1.82, 2.24) is 5.32 Å². The van der Waals surface area contributed by atoms with Crippen LogP contribution in [0, 0.1) is 0 Å². The molecule has 1 aliphatic heterocycles. The zero-order valence-corrected chi connectivity index (χ0v) is 7.17. The van der Waals surface area contributed by atoms with Crippen molar-refractivity contribution < 1.29 is 9.15 Å². The van der Waals surface area contributed by atoms with Crippen LogP contribution in [0.25, 0.3) is 0 Å². The van der Waals surface area contributed by atoms with E-state index >= 15 is 0 Å². The van der Waals surface area contributed by atoms with Gasteiger partial charge < -0.3 is 14.5 Å². The van der Waals surface area contributed by atoms with E-state index in [1.165, 1.54) is 6.42 Å². The summed E-state index contributed by atoms with van der Waals surface area (Å²) in [6.07, 6.45) is 4.03. The molecule has 1 aromatic heterocycles. The van der Waals surface area contributed by atoms with Gasteiger partial charge in [-0.1, -0.05) is 0 Å². The Morgan fingerprint density at radius 3 is 3.25 bits per heavy atom. The van der Waals surface area contributed by atoms with Gasteiger partial charge in [-0.25, -0.2) is 0 Å². The number of nitrogens with one attached hydrogen (secondary N) is 1. The fourth-order valence-electron chi connectivity index (χ4n) is 1.64. The van der Waals surface area contributed by atoms with Gasteiger partial charge in [0.1, 0.15) is 0 Å². The molecule has 0 unspecified atom stereocenters. The van der Waals surface area contributed by atoms with Crippen molar-refractivity contribution >= 4 is 0 Å². The predicted molar refractivity (Wildman–Crippen MR) is 45.2 cm³/mol. The zero-order chi connectivity index (χ0) is 8.39. The van der Waals surface area contributed by atoms with Crippen molar-refractivity contribution in [3.63, 3.8) is 0 Å². The minimum atomic E-state index is 0.356. The first-order valence-electron chi connectivity index (χ1n) is 4.26. The van der Waals surface area contributed by atoms with E-state index in [0.717, 1.165) is 24.5 Å². The summed E-state index contributed by atoms with van der Waals surface area (Å²) in [6, 6.07) is 2.21. The van der Waals surface area contributed by atoms with Crippen LogP contribution in [0.3, 0.4) is 0 Å². The lowest BCUT2D eigenvalue weighted by molar-refractivity contribution is 0.370. The van der Waals surface area contributed by atoms with Gasteiger partial charge in [-0.15, -0.1) is 0 Å². The Hall–Kier alpha value is -0.960. The Morgan fingerprint density at radius 2 is 2.58 bits per heavy atom. The molecule has 1 aliphatic rings. The second-order valence-electron chi connectivity index (χ2n) is 3.00. The highest BCUT2D eigenvalue weighted by molar-refractivity contribution is 5.27. The standard InChI is InChI=1S/C9H13NO2/c1-11-8-4-6-12-9(8)7-3-2-5-10-7/h4,6-7,10H,2-3,5H2,1H3/t7-/m1/s1. The van der Waals surface area contributed by atoms with E-state index in [-0.39, 0.29) is 0 Å². The fourth-order valence-corrected chi connectivity index (χ4v) is 1.64. The Bertz CT molecular complexity index is 251. The maximum atomic E-state index is 5.35. The molecule has 1 saturated heterocycles. The molecular formula is C9H13NO2. The van der Waals surface area contributed by atoms with Crippen LogP contribution in [0.4, 0.5) is 0 Å². The maximum absolute atomic E-state index is 5.35. The Balaban J connectivity index is 2.19. The molecule has 0 saturated carbocycles. The van der Waals surface area contributed by atoms with Crippen molar-refractivity contribution in [3.05, 3.63) is 18.1 Å². The number of rotatable bonds is 2. The zero-order valence-electron chi connectivity index (χ0n) is 7.17. The van der Waals surface area contributed by atoms with Gasteiger partial charge in [0.15, 0.2) is 11.5 Å². The summed E-state index contributed by atoms with van der Waals surface area (Å²) in [5, 5.41) is 3.36. The summed E-state index contributed by atoms with van der Waals surface area (Å²) < 4.78 is 10.5. The van der Waals surface area contributed by atoms with Crippen LogP contribution in [0.1, 0.15) is 24.6 Å². The van der Waals surface area contributed by atoms with Crippen LogP contribution in [-0.4, -0.2) is 13.7 Å². The maximum Gasteiger partial charge on any atom is 0.162 e. The first-order chi connectivity index (χ1) is 5.92. The quantitative estimate of drug-likeness (QED) is 0.728. The summed E-state index contributed by atoms with van der Waals surface area (Å²) >= 11 is 0. The van der Waals surface area contributed by atoms with Crippen molar-refractivity contribution in [3.8, 4) is 5.75 Å². The van der Waals surface area contributed by atoms with Crippen molar-refractivity contribution in [2.75, 3.05) is 13.7 Å². The summed E-state index contributed by atoms with van der Waals surface area (Å²) in [7, 11) is 1.67. The number of hydrogen-bond donors (Lipinski definition) is 1. The molecule has 1 aromatic rings. The smallest absolute Gasteiger partial charge is 0.162 e. The topological polar surface area (TPSA) is 34.4 Å². The molecule has 3 nitrogen and oxygen atoms in total. The lowest BCUT2D eigenvalue weighted by Crippen LogP contribution is -2.12. The Kier molecular flexibility index (Phi) is 2.04. The molecule has 0 bridgehead atoms. The van der Waals surface area contributed by atoms with Gasteiger partial charge in [-0.3, -0.25) is 0 Å². The van der Waals surface area contributed by atoms with Crippen molar-refractivity contribution in [2.24, 2.45) is 0 Å². The minimum absolute atomic E-state index is 0.356. The Labute approximate surface area is 71.7 Å². The minimum Gasteiger partial charge on any atom is -0.493 e. The molecule has 12 heavy (non-hydrogen) atoms. The van der Waals surface area contributed by atoms with Gasteiger partial charge in [0.05, 0.1) is 19.4 Å². The first kappa shape index (κ1) is 7.68. The van der Waals surface area contributed by atoms with E-state index in [4.69, 9.17) is 9.15 Å². The van der Waals surface area contributed by atoms with Crippen molar-refractivity contribution in [2.45, 2.75) is 18.9 Å². The summed E-state index contributed by atoms with van der Waals surface area (Å²) in [4.78, 5) is 0. The summed E-state index contributed by atoms with van der Waals surface area (Å²) in [5.41, 5.74) is 0. The molecule has 0 radical (unpaired) electrons. The normalized spacial score (nSPS) is 22.9. The van der Waals surface area contributed by atoms with E-state index in [2.05, 4.69) is 5.32 Å². The van der Waals surface area contributed by atoms with Gasteiger partial charge >= 0.3 is 0 Å². The van der Waals surface area contributed by atoms with E-state index in [9.17, 15) is 0 Å². The van der Waals surface area contributed by atoms with Crippen LogP contribution in [0.15, 0.2) is 16.7 Å². The number of methoxy groups -OCH3 is 1. The highest BCUT2D eigenvalue weighted by Gasteiger charge is 2.22. The molecule has 2 heterocycles.